The fraction of sp³-hybridized carbons (Fsp3) is 0.550. The van der Waals surface area contributed by atoms with Crippen LogP contribution in [0, 0.1) is 0 Å². The first-order valence-electron chi connectivity index (χ1n) is 8.82. The van der Waals surface area contributed by atoms with E-state index in [0.717, 1.165) is 13.0 Å². The number of amides is 1. The summed E-state index contributed by atoms with van der Waals surface area (Å²) in [6.07, 6.45) is 7.13. The summed E-state index contributed by atoms with van der Waals surface area (Å²) in [4.78, 5) is 11.5. The van der Waals surface area contributed by atoms with Crippen LogP contribution in [0.25, 0.3) is 0 Å². The Balaban J connectivity index is 2.33. The number of unbranched alkanes of at least 4 members (excludes halogenated alkanes) is 1. The number of alkyl carbamates (subject to hydrolysis) is 1. The summed E-state index contributed by atoms with van der Waals surface area (Å²) < 4.78 is 5.19. The quantitative estimate of drug-likeness (QED) is 0.650. The summed E-state index contributed by atoms with van der Waals surface area (Å²) in [6, 6.07) is 10.9. The molecule has 0 spiro atoms. The molecule has 2 N–H and O–H groups in total. The van der Waals surface area contributed by atoms with Gasteiger partial charge in [-0.05, 0) is 32.8 Å². The average molecular weight is 332 g/mol. The predicted molar refractivity (Wildman–Crippen MR) is 100 cm³/mol. The standard InChI is InChI=1S/C20H32N2O2/c1-5-6-14-18(17-12-8-7-9-13-17)21-15-10-11-16-22-19(23)24-20(2,3)4/h7-13,18,21H,5-6,14-16H2,1-4H3,(H,22,23)/b11-10+. The molecule has 0 heterocycles. The molecule has 1 unspecified atom stereocenters. The highest BCUT2D eigenvalue weighted by molar-refractivity contribution is 5.67. The topological polar surface area (TPSA) is 50.4 Å². The smallest absolute Gasteiger partial charge is 0.407 e. The number of carbonyl (C=O) groups is 1. The van der Waals surface area contributed by atoms with Crippen molar-refractivity contribution < 1.29 is 9.53 Å². The Bertz CT molecular complexity index is 492. The molecular formula is C20H32N2O2. The monoisotopic (exact) mass is 332 g/mol. The third-order valence-electron chi connectivity index (χ3n) is 3.46. The van der Waals surface area contributed by atoms with E-state index in [-0.39, 0.29) is 6.09 Å². The van der Waals surface area contributed by atoms with E-state index >= 15 is 0 Å². The SMILES string of the molecule is CCCCC(NC/C=C/CNC(=O)OC(C)(C)C)c1ccccc1. The largest absolute Gasteiger partial charge is 0.444 e. The lowest BCUT2D eigenvalue weighted by Crippen LogP contribution is -2.32. The first-order chi connectivity index (χ1) is 11.4. The minimum absolute atomic E-state index is 0.370. The molecule has 0 aliphatic heterocycles. The lowest BCUT2D eigenvalue weighted by molar-refractivity contribution is 0.0534. The van der Waals surface area contributed by atoms with Gasteiger partial charge in [-0.1, -0.05) is 62.2 Å². The van der Waals surface area contributed by atoms with Crippen LogP contribution in [0.15, 0.2) is 42.5 Å². The summed E-state index contributed by atoms with van der Waals surface area (Å²) in [6.45, 7) is 9.02. The zero-order valence-electron chi connectivity index (χ0n) is 15.5. The van der Waals surface area contributed by atoms with Gasteiger partial charge in [-0.15, -0.1) is 0 Å². The van der Waals surface area contributed by atoms with Crippen LogP contribution in [0.5, 0.6) is 0 Å². The molecule has 1 rings (SSSR count). The molecule has 134 valence electrons. The van der Waals surface area contributed by atoms with E-state index in [1.54, 1.807) is 0 Å². The predicted octanol–water partition coefficient (Wildman–Crippen LogP) is 4.59. The summed E-state index contributed by atoms with van der Waals surface area (Å²) >= 11 is 0. The third kappa shape index (κ3) is 9.36. The molecule has 1 amide bonds. The van der Waals surface area contributed by atoms with E-state index in [4.69, 9.17) is 4.74 Å². The first kappa shape index (κ1) is 20.2. The molecule has 1 aromatic carbocycles. The highest BCUT2D eigenvalue weighted by Crippen LogP contribution is 2.18. The van der Waals surface area contributed by atoms with Crippen molar-refractivity contribution in [3.8, 4) is 0 Å². The first-order valence-corrected chi connectivity index (χ1v) is 8.82. The Hall–Kier alpha value is -1.81. The van der Waals surface area contributed by atoms with Crippen LogP contribution < -0.4 is 10.6 Å². The van der Waals surface area contributed by atoms with Crippen LogP contribution in [0.4, 0.5) is 4.79 Å². The lowest BCUT2D eigenvalue weighted by Gasteiger charge is -2.19. The number of rotatable bonds is 9. The number of nitrogens with one attached hydrogen (secondary N) is 2. The molecule has 0 aliphatic rings. The summed E-state index contributed by atoms with van der Waals surface area (Å²) in [7, 11) is 0. The molecule has 0 fully saturated rings. The molecule has 0 bridgehead atoms. The van der Waals surface area contributed by atoms with Gasteiger partial charge in [0, 0.05) is 19.1 Å². The van der Waals surface area contributed by atoms with Crippen LogP contribution in [-0.4, -0.2) is 24.8 Å². The molecule has 0 radical (unpaired) electrons. The van der Waals surface area contributed by atoms with E-state index in [1.807, 2.05) is 39.0 Å². The fourth-order valence-corrected chi connectivity index (χ4v) is 2.31. The lowest BCUT2D eigenvalue weighted by atomic mass is 10.0. The molecule has 1 atom stereocenters. The molecule has 0 aromatic heterocycles. The van der Waals surface area contributed by atoms with Crippen molar-refractivity contribution in [1.82, 2.24) is 10.6 Å². The van der Waals surface area contributed by atoms with Crippen LogP contribution in [-0.2, 0) is 4.74 Å². The van der Waals surface area contributed by atoms with Gasteiger partial charge in [-0.25, -0.2) is 4.79 Å². The Morgan fingerprint density at radius 2 is 1.83 bits per heavy atom. The summed E-state index contributed by atoms with van der Waals surface area (Å²) in [5.74, 6) is 0. The second-order valence-electron chi connectivity index (χ2n) is 6.87. The molecule has 0 aliphatic carbocycles. The maximum absolute atomic E-state index is 11.5. The van der Waals surface area contributed by atoms with Crippen molar-refractivity contribution in [2.24, 2.45) is 0 Å². The number of benzene rings is 1. The van der Waals surface area contributed by atoms with Crippen molar-refractivity contribution in [2.45, 2.75) is 58.6 Å². The Labute approximate surface area is 146 Å². The van der Waals surface area contributed by atoms with Gasteiger partial charge < -0.3 is 15.4 Å². The van der Waals surface area contributed by atoms with E-state index in [2.05, 4.69) is 41.8 Å². The maximum atomic E-state index is 11.5. The average Bonchev–Trinajstić information content (AvgIpc) is 2.52. The molecule has 24 heavy (non-hydrogen) atoms. The van der Waals surface area contributed by atoms with Gasteiger partial charge in [-0.3, -0.25) is 0 Å². The Kier molecular flexibility index (Phi) is 9.16. The minimum atomic E-state index is -0.461. The zero-order chi connectivity index (χ0) is 17.8. The third-order valence-corrected chi connectivity index (χ3v) is 3.46. The van der Waals surface area contributed by atoms with Gasteiger partial charge >= 0.3 is 6.09 Å². The second-order valence-corrected chi connectivity index (χ2v) is 6.87. The summed E-state index contributed by atoms with van der Waals surface area (Å²) in [5, 5.41) is 6.28. The highest BCUT2D eigenvalue weighted by Gasteiger charge is 2.15. The molecule has 1 aromatic rings. The van der Waals surface area contributed by atoms with E-state index in [9.17, 15) is 4.79 Å². The maximum Gasteiger partial charge on any atom is 0.407 e. The van der Waals surface area contributed by atoms with Crippen LogP contribution in [0.3, 0.4) is 0 Å². The van der Waals surface area contributed by atoms with Crippen molar-refractivity contribution in [2.75, 3.05) is 13.1 Å². The molecule has 4 heteroatoms. The highest BCUT2D eigenvalue weighted by atomic mass is 16.6. The van der Waals surface area contributed by atoms with Gasteiger partial charge in [0.25, 0.3) is 0 Å². The van der Waals surface area contributed by atoms with E-state index in [0.29, 0.717) is 12.6 Å². The van der Waals surface area contributed by atoms with Crippen LogP contribution in [0.2, 0.25) is 0 Å². The Morgan fingerprint density at radius 1 is 1.17 bits per heavy atom. The van der Waals surface area contributed by atoms with Gasteiger partial charge in [0.2, 0.25) is 0 Å². The molecule has 4 nitrogen and oxygen atoms in total. The molecule has 0 saturated heterocycles. The van der Waals surface area contributed by atoms with Crippen molar-refractivity contribution in [3.05, 3.63) is 48.0 Å². The van der Waals surface area contributed by atoms with Crippen molar-refractivity contribution >= 4 is 6.09 Å². The minimum Gasteiger partial charge on any atom is -0.444 e. The number of hydrogen-bond donors (Lipinski definition) is 2. The number of ether oxygens (including phenoxy) is 1. The van der Waals surface area contributed by atoms with Crippen molar-refractivity contribution in [3.63, 3.8) is 0 Å². The van der Waals surface area contributed by atoms with E-state index < -0.39 is 5.60 Å². The summed E-state index contributed by atoms with van der Waals surface area (Å²) in [5.41, 5.74) is 0.864. The number of hydrogen-bond acceptors (Lipinski definition) is 3. The Morgan fingerprint density at radius 3 is 2.46 bits per heavy atom. The van der Waals surface area contributed by atoms with Gasteiger partial charge in [0.05, 0.1) is 0 Å². The molecule has 0 saturated carbocycles. The van der Waals surface area contributed by atoms with Gasteiger partial charge in [-0.2, -0.15) is 0 Å². The second kappa shape index (κ2) is 10.9. The van der Waals surface area contributed by atoms with Crippen LogP contribution in [0.1, 0.15) is 58.6 Å². The fourth-order valence-electron chi connectivity index (χ4n) is 2.31. The van der Waals surface area contributed by atoms with Gasteiger partial charge in [0.1, 0.15) is 5.60 Å². The van der Waals surface area contributed by atoms with Crippen LogP contribution >= 0.6 is 0 Å². The van der Waals surface area contributed by atoms with Crippen molar-refractivity contribution in [1.29, 1.82) is 0 Å². The van der Waals surface area contributed by atoms with Gasteiger partial charge in [0.15, 0.2) is 0 Å². The zero-order valence-corrected chi connectivity index (χ0v) is 15.5. The molecular weight excluding hydrogens is 300 g/mol. The normalized spacial score (nSPS) is 13.0. The number of carbonyl (C=O) groups excluding carboxylic acids is 1. The van der Waals surface area contributed by atoms with E-state index in [1.165, 1.54) is 18.4 Å².